The van der Waals surface area contributed by atoms with Crippen LogP contribution in [0.4, 0.5) is 0 Å². The summed E-state index contributed by atoms with van der Waals surface area (Å²) in [5.41, 5.74) is 6.18. The molecule has 0 bridgehead atoms. The highest BCUT2D eigenvalue weighted by atomic mass is 16.5. The van der Waals surface area contributed by atoms with Gasteiger partial charge < -0.3 is 20.3 Å². The van der Waals surface area contributed by atoms with Crippen LogP contribution in [-0.2, 0) is 5.54 Å². The predicted molar refractivity (Wildman–Crippen MR) is 58.6 cm³/mol. The molecule has 1 aliphatic carbocycles. The van der Waals surface area contributed by atoms with E-state index < -0.39 is 11.5 Å². The quantitative estimate of drug-likeness (QED) is 0.721. The molecule has 1 fully saturated rings. The van der Waals surface area contributed by atoms with Crippen LogP contribution in [0.15, 0.2) is 10.7 Å². The number of rotatable bonds is 3. The van der Waals surface area contributed by atoms with E-state index in [4.69, 9.17) is 15.4 Å². The molecular formula is C10H11N5O3. The maximum absolute atomic E-state index is 10.6. The lowest BCUT2D eigenvalue weighted by Crippen LogP contribution is -2.44. The van der Waals surface area contributed by atoms with Crippen molar-refractivity contribution in [2.24, 2.45) is 5.73 Å². The Labute approximate surface area is 101 Å². The Morgan fingerprint density at radius 3 is 2.89 bits per heavy atom. The molecule has 2 heterocycles. The van der Waals surface area contributed by atoms with Crippen LogP contribution in [0.3, 0.4) is 0 Å². The standard InChI is InChI=1S/C10H11N5O3/c11-10(2-1-3-10)9-12-4-5(13-9)7-14-6(8(16)17)15-18-7/h4H,1-3,11H2,(H,12,13)(H,16,17). The van der Waals surface area contributed by atoms with Gasteiger partial charge in [0.25, 0.3) is 11.7 Å². The van der Waals surface area contributed by atoms with Crippen molar-refractivity contribution in [3.63, 3.8) is 0 Å². The van der Waals surface area contributed by atoms with Crippen LogP contribution in [-0.4, -0.2) is 31.2 Å². The molecule has 3 rings (SSSR count). The first-order chi connectivity index (χ1) is 8.58. The zero-order valence-electron chi connectivity index (χ0n) is 9.38. The smallest absolute Gasteiger partial charge is 0.377 e. The molecule has 2 aromatic heterocycles. The highest BCUT2D eigenvalue weighted by Crippen LogP contribution is 2.37. The van der Waals surface area contributed by atoms with E-state index in [1.54, 1.807) is 0 Å². The monoisotopic (exact) mass is 249 g/mol. The molecule has 0 saturated heterocycles. The number of aromatic nitrogens is 4. The molecule has 0 atom stereocenters. The minimum absolute atomic E-state index is 0.0917. The van der Waals surface area contributed by atoms with E-state index >= 15 is 0 Å². The van der Waals surface area contributed by atoms with Gasteiger partial charge >= 0.3 is 5.97 Å². The van der Waals surface area contributed by atoms with Crippen LogP contribution < -0.4 is 5.73 Å². The zero-order valence-corrected chi connectivity index (χ0v) is 9.38. The fraction of sp³-hybridized carbons (Fsp3) is 0.400. The number of hydrogen-bond donors (Lipinski definition) is 3. The Kier molecular flexibility index (Phi) is 2.20. The van der Waals surface area contributed by atoms with Crippen molar-refractivity contribution in [1.29, 1.82) is 0 Å². The molecule has 0 radical (unpaired) electrons. The third-order valence-corrected chi connectivity index (χ3v) is 3.14. The fourth-order valence-electron chi connectivity index (χ4n) is 1.90. The molecule has 0 aromatic carbocycles. The Balaban J connectivity index is 1.90. The molecule has 2 aromatic rings. The van der Waals surface area contributed by atoms with Gasteiger partial charge in [0.15, 0.2) is 0 Å². The van der Waals surface area contributed by atoms with Gasteiger partial charge in [-0.05, 0) is 24.4 Å². The molecule has 0 amide bonds. The van der Waals surface area contributed by atoms with Crippen molar-refractivity contribution in [3.05, 3.63) is 17.8 Å². The summed E-state index contributed by atoms with van der Waals surface area (Å²) in [5, 5.41) is 12.0. The second-order valence-corrected chi connectivity index (χ2v) is 4.38. The fourth-order valence-corrected chi connectivity index (χ4v) is 1.90. The number of carbonyl (C=O) groups is 1. The third kappa shape index (κ3) is 1.58. The maximum Gasteiger partial charge on any atom is 0.377 e. The lowest BCUT2D eigenvalue weighted by atomic mass is 9.77. The Hall–Kier alpha value is -2.22. The Morgan fingerprint density at radius 2 is 2.33 bits per heavy atom. The number of carboxylic acids is 1. The number of aromatic carboxylic acids is 1. The van der Waals surface area contributed by atoms with Crippen molar-refractivity contribution in [2.75, 3.05) is 0 Å². The van der Waals surface area contributed by atoms with Crippen LogP contribution in [0.1, 0.15) is 35.7 Å². The molecule has 1 saturated carbocycles. The minimum atomic E-state index is -1.24. The SMILES string of the molecule is NC1(c2ncc(-c3nc(C(=O)O)no3)[nH]2)CCC1. The van der Waals surface area contributed by atoms with E-state index in [0.717, 1.165) is 19.3 Å². The number of carboxylic acid groups (broad SMARTS) is 1. The molecule has 0 spiro atoms. The molecule has 18 heavy (non-hydrogen) atoms. The lowest BCUT2D eigenvalue weighted by molar-refractivity contribution is 0.0680. The van der Waals surface area contributed by atoms with Gasteiger partial charge in [-0.3, -0.25) is 0 Å². The molecule has 1 aliphatic rings. The zero-order chi connectivity index (χ0) is 12.8. The highest BCUT2D eigenvalue weighted by molar-refractivity contribution is 5.83. The van der Waals surface area contributed by atoms with Crippen molar-refractivity contribution < 1.29 is 14.4 Å². The molecule has 8 heteroatoms. The first-order valence-electron chi connectivity index (χ1n) is 5.50. The van der Waals surface area contributed by atoms with E-state index in [-0.39, 0.29) is 11.7 Å². The summed E-state index contributed by atoms with van der Waals surface area (Å²) in [4.78, 5) is 21.5. The second kappa shape index (κ2) is 3.64. The van der Waals surface area contributed by atoms with Crippen LogP contribution >= 0.6 is 0 Å². The number of aromatic amines is 1. The topological polar surface area (TPSA) is 131 Å². The van der Waals surface area contributed by atoms with Crippen LogP contribution in [0.2, 0.25) is 0 Å². The Morgan fingerprint density at radius 1 is 1.56 bits per heavy atom. The van der Waals surface area contributed by atoms with Crippen LogP contribution in [0, 0.1) is 0 Å². The maximum atomic E-state index is 10.6. The Bertz CT molecular complexity index is 598. The highest BCUT2D eigenvalue weighted by Gasteiger charge is 2.37. The molecule has 0 unspecified atom stereocenters. The average molecular weight is 249 g/mol. The van der Waals surface area contributed by atoms with Gasteiger partial charge in [0.1, 0.15) is 11.5 Å². The van der Waals surface area contributed by atoms with Crippen LogP contribution in [0.5, 0.6) is 0 Å². The van der Waals surface area contributed by atoms with Gasteiger partial charge in [0.2, 0.25) is 0 Å². The van der Waals surface area contributed by atoms with E-state index in [1.165, 1.54) is 6.20 Å². The van der Waals surface area contributed by atoms with Gasteiger partial charge in [-0.1, -0.05) is 0 Å². The summed E-state index contributed by atoms with van der Waals surface area (Å²) in [7, 11) is 0. The first-order valence-corrected chi connectivity index (χ1v) is 5.50. The van der Waals surface area contributed by atoms with Gasteiger partial charge in [0, 0.05) is 0 Å². The molecule has 4 N–H and O–H groups in total. The summed E-state index contributed by atoms with van der Waals surface area (Å²) >= 11 is 0. The molecule has 8 nitrogen and oxygen atoms in total. The van der Waals surface area contributed by atoms with Crippen LogP contribution in [0.25, 0.3) is 11.6 Å². The molecule has 94 valence electrons. The van der Waals surface area contributed by atoms with Crippen molar-refractivity contribution in [3.8, 4) is 11.6 Å². The van der Waals surface area contributed by atoms with E-state index in [2.05, 4.69) is 20.1 Å². The lowest BCUT2D eigenvalue weighted by Gasteiger charge is -2.35. The van der Waals surface area contributed by atoms with E-state index in [1.807, 2.05) is 0 Å². The van der Waals surface area contributed by atoms with Gasteiger partial charge in [0.05, 0.1) is 11.7 Å². The van der Waals surface area contributed by atoms with Gasteiger partial charge in [-0.25, -0.2) is 9.78 Å². The van der Waals surface area contributed by atoms with E-state index in [9.17, 15) is 4.79 Å². The summed E-state index contributed by atoms with van der Waals surface area (Å²) < 4.78 is 4.84. The summed E-state index contributed by atoms with van der Waals surface area (Å²) in [6.45, 7) is 0. The number of nitrogens with zero attached hydrogens (tertiary/aromatic N) is 3. The summed E-state index contributed by atoms with van der Waals surface area (Å²) in [6, 6.07) is 0. The third-order valence-electron chi connectivity index (χ3n) is 3.14. The number of nitrogens with one attached hydrogen (secondary N) is 1. The summed E-state index contributed by atoms with van der Waals surface area (Å²) in [6.07, 6.45) is 4.35. The molecular weight excluding hydrogens is 238 g/mol. The van der Waals surface area contributed by atoms with Gasteiger partial charge in [-0.15, -0.1) is 0 Å². The molecule has 0 aliphatic heterocycles. The van der Waals surface area contributed by atoms with Gasteiger partial charge in [-0.2, -0.15) is 4.98 Å². The number of imidazole rings is 1. The predicted octanol–water partition coefficient (Wildman–Crippen LogP) is 0.496. The van der Waals surface area contributed by atoms with E-state index in [0.29, 0.717) is 11.5 Å². The van der Waals surface area contributed by atoms with Crippen molar-refractivity contribution >= 4 is 5.97 Å². The summed E-state index contributed by atoms with van der Waals surface area (Å²) in [5.74, 6) is -0.862. The van der Waals surface area contributed by atoms with Crippen molar-refractivity contribution in [2.45, 2.75) is 24.8 Å². The number of H-pyrrole nitrogens is 1. The second-order valence-electron chi connectivity index (χ2n) is 4.38. The normalized spacial score (nSPS) is 17.4. The first kappa shape index (κ1) is 10.9. The average Bonchev–Trinajstić information content (AvgIpc) is 2.94. The largest absolute Gasteiger partial charge is 0.475 e. The number of nitrogens with two attached hydrogens (primary N) is 1. The minimum Gasteiger partial charge on any atom is -0.475 e. The van der Waals surface area contributed by atoms with Crippen molar-refractivity contribution in [1.82, 2.24) is 20.1 Å². The number of hydrogen-bond acceptors (Lipinski definition) is 6.